The molecule has 0 fully saturated rings. The van der Waals surface area contributed by atoms with Gasteiger partial charge in [0.15, 0.2) is 0 Å². The minimum Gasteiger partial charge on any atom is -0.497 e. The van der Waals surface area contributed by atoms with Gasteiger partial charge in [-0.2, -0.15) is 0 Å². The van der Waals surface area contributed by atoms with Crippen molar-refractivity contribution >= 4 is 5.91 Å². The van der Waals surface area contributed by atoms with Crippen molar-refractivity contribution in [3.8, 4) is 5.75 Å². The van der Waals surface area contributed by atoms with Gasteiger partial charge in [0.05, 0.1) is 13.2 Å². The second-order valence-corrected chi connectivity index (χ2v) is 7.08. The lowest BCUT2D eigenvalue weighted by Gasteiger charge is -2.17. The quantitative estimate of drug-likeness (QED) is 0.666. The number of hydrogen-bond acceptors (Lipinski definition) is 3. The molecule has 1 N–H and O–H groups in total. The van der Waals surface area contributed by atoms with Gasteiger partial charge in [-0.1, -0.05) is 42.5 Å². The van der Waals surface area contributed by atoms with Crippen LogP contribution in [0.5, 0.6) is 5.75 Å². The fourth-order valence-electron chi connectivity index (χ4n) is 3.27. The topological polar surface area (TPSA) is 60.3 Å². The van der Waals surface area contributed by atoms with Gasteiger partial charge in [0.25, 0.3) is 11.5 Å². The minimum absolute atomic E-state index is 0.190. The van der Waals surface area contributed by atoms with Gasteiger partial charge in [-0.05, 0) is 55.2 Å². The van der Waals surface area contributed by atoms with Gasteiger partial charge in [-0.15, -0.1) is 0 Å². The van der Waals surface area contributed by atoms with Crippen molar-refractivity contribution in [3.63, 3.8) is 0 Å². The van der Waals surface area contributed by atoms with Crippen molar-refractivity contribution in [3.05, 3.63) is 99.5 Å². The fourth-order valence-corrected chi connectivity index (χ4v) is 3.27. The van der Waals surface area contributed by atoms with Crippen molar-refractivity contribution < 1.29 is 9.53 Å². The average Bonchev–Trinajstić information content (AvgIpc) is 2.74. The Bertz CT molecular complexity index is 1040. The number of nitrogens with zero attached hydrogens (tertiary/aromatic N) is 1. The first-order valence-corrected chi connectivity index (χ1v) is 9.68. The van der Waals surface area contributed by atoms with Crippen LogP contribution >= 0.6 is 0 Å². The molecule has 0 saturated carbocycles. The molecule has 0 aliphatic heterocycles. The number of rotatable bonds is 7. The van der Waals surface area contributed by atoms with Crippen LogP contribution in [0.15, 0.2) is 71.7 Å². The van der Waals surface area contributed by atoms with Crippen LogP contribution in [0.3, 0.4) is 0 Å². The normalized spacial score (nSPS) is 11.7. The number of hydrogen-bond donors (Lipinski definition) is 1. The molecule has 1 atom stereocenters. The lowest BCUT2D eigenvalue weighted by atomic mass is 10.1. The summed E-state index contributed by atoms with van der Waals surface area (Å²) in [4.78, 5) is 25.8. The van der Waals surface area contributed by atoms with E-state index in [1.807, 2.05) is 67.6 Å². The van der Waals surface area contributed by atoms with E-state index < -0.39 is 0 Å². The number of pyridine rings is 1. The maximum atomic E-state index is 13.0. The van der Waals surface area contributed by atoms with Crippen LogP contribution in [0, 0.1) is 6.92 Å². The summed E-state index contributed by atoms with van der Waals surface area (Å²) < 4.78 is 6.85. The van der Waals surface area contributed by atoms with Gasteiger partial charge < -0.3 is 14.6 Å². The van der Waals surface area contributed by atoms with Crippen LogP contribution < -0.4 is 15.6 Å². The minimum atomic E-state index is -0.364. The Labute approximate surface area is 171 Å². The second kappa shape index (κ2) is 9.24. The number of aromatic nitrogens is 1. The molecular weight excluding hydrogens is 364 g/mol. The molecule has 1 amide bonds. The van der Waals surface area contributed by atoms with Crippen molar-refractivity contribution in [1.29, 1.82) is 0 Å². The van der Waals surface area contributed by atoms with E-state index in [0.717, 1.165) is 23.3 Å². The Morgan fingerprint density at radius 2 is 1.86 bits per heavy atom. The lowest BCUT2D eigenvalue weighted by Crippen LogP contribution is -2.35. The number of aryl methyl sites for hydroxylation is 3. The summed E-state index contributed by atoms with van der Waals surface area (Å²) in [5.74, 6) is 0.361. The predicted molar refractivity (Wildman–Crippen MR) is 114 cm³/mol. The maximum Gasteiger partial charge on any atom is 0.263 e. The summed E-state index contributed by atoms with van der Waals surface area (Å²) in [6.07, 6.45) is 2.48. The van der Waals surface area contributed by atoms with E-state index in [2.05, 4.69) is 5.32 Å². The first-order valence-electron chi connectivity index (χ1n) is 9.68. The molecule has 3 rings (SSSR count). The number of carbonyl (C=O) groups is 1. The van der Waals surface area contributed by atoms with E-state index in [1.54, 1.807) is 24.8 Å². The van der Waals surface area contributed by atoms with Gasteiger partial charge in [-0.3, -0.25) is 9.59 Å². The summed E-state index contributed by atoms with van der Waals surface area (Å²) in [6.45, 7) is 4.20. The monoisotopic (exact) mass is 390 g/mol. The molecule has 29 heavy (non-hydrogen) atoms. The van der Waals surface area contributed by atoms with E-state index in [0.29, 0.717) is 12.1 Å². The number of nitrogens with one attached hydrogen (secondary N) is 1. The molecule has 0 aliphatic carbocycles. The van der Waals surface area contributed by atoms with Gasteiger partial charge in [0.1, 0.15) is 11.3 Å². The van der Waals surface area contributed by atoms with Crippen LogP contribution in [0.25, 0.3) is 0 Å². The SMILES string of the molecule is COc1cccc([C@@H](C)NC(=O)c2c(C)ccn(CCc3ccccc3)c2=O)c1. The summed E-state index contributed by atoms with van der Waals surface area (Å²) in [5.41, 5.74) is 2.65. The highest BCUT2D eigenvalue weighted by Gasteiger charge is 2.18. The van der Waals surface area contributed by atoms with E-state index in [4.69, 9.17) is 4.74 Å². The second-order valence-electron chi connectivity index (χ2n) is 7.08. The molecule has 3 aromatic rings. The molecular formula is C24H26N2O3. The molecule has 5 nitrogen and oxygen atoms in total. The molecule has 2 aromatic carbocycles. The lowest BCUT2D eigenvalue weighted by molar-refractivity contribution is 0.0937. The first kappa shape index (κ1) is 20.4. The van der Waals surface area contributed by atoms with Crippen molar-refractivity contribution in [1.82, 2.24) is 9.88 Å². The molecule has 1 heterocycles. The van der Waals surface area contributed by atoms with Crippen LogP contribution in [0.2, 0.25) is 0 Å². The van der Waals surface area contributed by atoms with Gasteiger partial charge in [0, 0.05) is 12.7 Å². The smallest absolute Gasteiger partial charge is 0.263 e. The van der Waals surface area contributed by atoms with Crippen LogP contribution in [0.4, 0.5) is 0 Å². The molecule has 0 aliphatic rings. The third kappa shape index (κ3) is 4.93. The molecule has 1 aromatic heterocycles. The van der Waals surface area contributed by atoms with Gasteiger partial charge >= 0.3 is 0 Å². The number of methoxy groups -OCH3 is 1. The van der Waals surface area contributed by atoms with Crippen LogP contribution in [0.1, 0.15) is 40.0 Å². The summed E-state index contributed by atoms with van der Waals surface area (Å²) >= 11 is 0. The summed E-state index contributed by atoms with van der Waals surface area (Å²) in [5, 5.41) is 2.94. The fraction of sp³-hybridized carbons (Fsp3) is 0.250. The molecule has 0 spiro atoms. The predicted octanol–water partition coefficient (Wildman–Crippen LogP) is 3.90. The highest BCUT2D eigenvalue weighted by molar-refractivity contribution is 5.95. The average molecular weight is 390 g/mol. The van der Waals surface area contributed by atoms with Crippen molar-refractivity contribution in [2.75, 3.05) is 7.11 Å². The number of benzene rings is 2. The Morgan fingerprint density at radius 1 is 1.10 bits per heavy atom. The number of carbonyl (C=O) groups excluding carboxylic acids is 1. The molecule has 0 radical (unpaired) electrons. The number of amides is 1. The van der Waals surface area contributed by atoms with Crippen molar-refractivity contribution in [2.24, 2.45) is 0 Å². The first-order chi connectivity index (χ1) is 14.0. The van der Waals surface area contributed by atoms with Crippen molar-refractivity contribution in [2.45, 2.75) is 32.9 Å². The van der Waals surface area contributed by atoms with Crippen LogP contribution in [-0.2, 0) is 13.0 Å². The highest BCUT2D eigenvalue weighted by atomic mass is 16.5. The van der Waals surface area contributed by atoms with Gasteiger partial charge in [-0.25, -0.2) is 0 Å². The van der Waals surface area contributed by atoms with Crippen LogP contribution in [-0.4, -0.2) is 17.6 Å². The van der Waals surface area contributed by atoms with E-state index in [1.165, 1.54) is 0 Å². The summed E-state index contributed by atoms with van der Waals surface area (Å²) in [7, 11) is 1.60. The maximum absolute atomic E-state index is 13.0. The standard InChI is InChI=1S/C24H26N2O3/c1-17-12-14-26(15-13-19-8-5-4-6-9-19)24(28)22(17)23(27)25-18(2)20-10-7-11-21(16-20)29-3/h4-12,14,16,18H,13,15H2,1-3H3,(H,25,27)/t18-/m1/s1. The molecule has 0 unspecified atom stereocenters. The third-order valence-corrected chi connectivity index (χ3v) is 5.03. The van der Waals surface area contributed by atoms with Gasteiger partial charge in [0.2, 0.25) is 0 Å². The zero-order chi connectivity index (χ0) is 20.8. The molecule has 0 bridgehead atoms. The zero-order valence-corrected chi connectivity index (χ0v) is 17.0. The summed E-state index contributed by atoms with van der Waals surface area (Å²) in [6, 6.07) is 19.1. The highest BCUT2D eigenvalue weighted by Crippen LogP contribution is 2.19. The third-order valence-electron chi connectivity index (χ3n) is 5.03. The van der Waals surface area contributed by atoms with E-state index in [9.17, 15) is 9.59 Å². The van der Waals surface area contributed by atoms with E-state index >= 15 is 0 Å². The Hall–Kier alpha value is -3.34. The molecule has 150 valence electrons. The largest absolute Gasteiger partial charge is 0.497 e. The Balaban J connectivity index is 1.78. The van der Waals surface area contributed by atoms with E-state index in [-0.39, 0.29) is 23.1 Å². The molecule has 0 saturated heterocycles. The number of ether oxygens (including phenoxy) is 1. The Morgan fingerprint density at radius 3 is 2.59 bits per heavy atom. The zero-order valence-electron chi connectivity index (χ0n) is 17.0. The molecule has 5 heteroatoms. The Kier molecular flexibility index (Phi) is 6.50.